The van der Waals surface area contributed by atoms with Crippen LogP contribution in [0, 0.1) is 5.92 Å². The molecule has 2 aromatic rings. The second kappa shape index (κ2) is 10.7. The summed E-state index contributed by atoms with van der Waals surface area (Å²) >= 11 is 0. The van der Waals surface area contributed by atoms with Crippen molar-refractivity contribution in [2.45, 2.75) is 25.4 Å². The number of likely N-dealkylation sites (N-methyl/N-ethyl adjacent to an activating group) is 1. The zero-order valence-electron chi connectivity index (χ0n) is 19.9. The highest BCUT2D eigenvalue weighted by Crippen LogP contribution is 2.38. The summed E-state index contributed by atoms with van der Waals surface area (Å²) in [7, 11) is 1.98. The standard InChI is InChI=1S/C26H31F3N4O2/c1-31-12-14-32(15-13-31)21-9-10-23(22(17-21)26(27,28)29)30-25(35)20-8-5-11-33(18-20)24(34)16-19-6-3-2-4-7-19/h2-4,6-7,9-10,17,20H,5,8,11-16,18H2,1H3,(H,30,35). The van der Waals surface area contributed by atoms with Crippen molar-refractivity contribution in [1.29, 1.82) is 0 Å². The lowest BCUT2D eigenvalue weighted by atomic mass is 9.96. The smallest absolute Gasteiger partial charge is 0.369 e. The first-order valence-electron chi connectivity index (χ1n) is 12.0. The van der Waals surface area contributed by atoms with Gasteiger partial charge in [0.1, 0.15) is 0 Å². The Hall–Kier alpha value is -3.07. The van der Waals surface area contributed by atoms with E-state index in [0.29, 0.717) is 38.2 Å². The van der Waals surface area contributed by atoms with Gasteiger partial charge >= 0.3 is 6.18 Å². The van der Waals surface area contributed by atoms with Crippen molar-refractivity contribution >= 4 is 23.2 Å². The normalized spacial score (nSPS) is 19.5. The molecule has 2 aliphatic rings. The molecule has 2 amide bonds. The number of rotatable bonds is 5. The van der Waals surface area contributed by atoms with E-state index in [1.165, 1.54) is 6.07 Å². The Morgan fingerprint density at radius 3 is 2.40 bits per heavy atom. The minimum Gasteiger partial charge on any atom is -0.369 e. The fraction of sp³-hybridized carbons (Fsp3) is 0.462. The van der Waals surface area contributed by atoms with Crippen LogP contribution in [0.5, 0.6) is 0 Å². The number of benzene rings is 2. The number of carbonyl (C=O) groups is 2. The summed E-state index contributed by atoms with van der Waals surface area (Å²) in [6.07, 6.45) is -3.20. The molecular weight excluding hydrogens is 457 g/mol. The van der Waals surface area contributed by atoms with Crippen LogP contribution in [0.25, 0.3) is 0 Å². The van der Waals surface area contributed by atoms with Crippen molar-refractivity contribution in [1.82, 2.24) is 9.80 Å². The van der Waals surface area contributed by atoms with Crippen LogP contribution >= 0.6 is 0 Å². The van der Waals surface area contributed by atoms with Crippen LogP contribution in [0.15, 0.2) is 48.5 Å². The summed E-state index contributed by atoms with van der Waals surface area (Å²) in [5.74, 6) is -1.12. The molecular formula is C26H31F3N4O2. The first kappa shape index (κ1) is 25.0. The minimum atomic E-state index is -4.60. The third kappa shape index (κ3) is 6.33. The summed E-state index contributed by atoms with van der Waals surface area (Å²) in [5.41, 5.74) is 0.293. The van der Waals surface area contributed by atoms with Gasteiger partial charge in [-0.25, -0.2) is 0 Å². The highest BCUT2D eigenvalue weighted by Gasteiger charge is 2.36. The van der Waals surface area contributed by atoms with Gasteiger partial charge in [-0.15, -0.1) is 0 Å². The number of amides is 2. The van der Waals surface area contributed by atoms with Crippen LogP contribution in [0.4, 0.5) is 24.5 Å². The van der Waals surface area contributed by atoms with Gasteiger partial charge in [0.15, 0.2) is 0 Å². The molecule has 0 aromatic heterocycles. The van der Waals surface area contributed by atoms with Crippen LogP contribution in [0.3, 0.4) is 0 Å². The Labute approximate surface area is 203 Å². The molecule has 2 fully saturated rings. The number of nitrogens with zero attached hydrogens (tertiary/aromatic N) is 3. The van der Waals surface area contributed by atoms with Crippen molar-refractivity contribution in [3.05, 3.63) is 59.7 Å². The molecule has 0 saturated carbocycles. The van der Waals surface area contributed by atoms with Crippen molar-refractivity contribution < 1.29 is 22.8 Å². The summed E-state index contributed by atoms with van der Waals surface area (Å²) in [6, 6.07) is 13.4. The molecule has 1 unspecified atom stereocenters. The van der Waals surface area contributed by atoms with E-state index >= 15 is 0 Å². The van der Waals surface area contributed by atoms with Crippen molar-refractivity contribution in [2.75, 3.05) is 56.5 Å². The van der Waals surface area contributed by atoms with Gasteiger partial charge in [-0.2, -0.15) is 13.2 Å². The lowest BCUT2D eigenvalue weighted by Crippen LogP contribution is -2.44. The number of hydrogen-bond acceptors (Lipinski definition) is 4. The van der Waals surface area contributed by atoms with Crippen LogP contribution in [-0.4, -0.2) is 67.9 Å². The maximum atomic E-state index is 13.9. The minimum absolute atomic E-state index is 0.0822. The van der Waals surface area contributed by atoms with Gasteiger partial charge in [0.2, 0.25) is 11.8 Å². The summed E-state index contributed by atoms with van der Waals surface area (Å²) in [4.78, 5) is 31.4. The molecule has 1 N–H and O–H groups in total. The Morgan fingerprint density at radius 2 is 1.71 bits per heavy atom. The fourth-order valence-corrected chi connectivity index (χ4v) is 4.67. The first-order chi connectivity index (χ1) is 16.7. The number of piperazine rings is 1. The molecule has 9 heteroatoms. The number of nitrogens with one attached hydrogen (secondary N) is 1. The topological polar surface area (TPSA) is 55.9 Å². The maximum absolute atomic E-state index is 13.9. The van der Waals surface area contributed by atoms with Crippen LogP contribution in [-0.2, 0) is 22.2 Å². The average molecular weight is 489 g/mol. The number of piperidine rings is 1. The number of hydrogen-bond donors (Lipinski definition) is 1. The highest BCUT2D eigenvalue weighted by molar-refractivity contribution is 5.94. The predicted molar refractivity (Wildman–Crippen MR) is 129 cm³/mol. The zero-order chi connectivity index (χ0) is 25.0. The molecule has 4 rings (SSSR count). The molecule has 2 aliphatic heterocycles. The lowest BCUT2D eigenvalue weighted by Gasteiger charge is -2.34. The van der Waals surface area contributed by atoms with E-state index in [1.54, 1.807) is 11.0 Å². The Morgan fingerprint density at radius 1 is 1.00 bits per heavy atom. The predicted octanol–water partition coefficient (Wildman–Crippen LogP) is 3.88. The van der Waals surface area contributed by atoms with E-state index in [2.05, 4.69) is 10.2 Å². The second-order valence-electron chi connectivity index (χ2n) is 9.35. The van der Waals surface area contributed by atoms with Gasteiger partial charge in [0.25, 0.3) is 0 Å². The number of alkyl halides is 3. The highest BCUT2D eigenvalue weighted by atomic mass is 19.4. The third-order valence-electron chi connectivity index (χ3n) is 6.78. The molecule has 6 nitrogen and oxygen atoms in total. The van der Waals surface area contributed by atoms with Crippen molar-refractivity contribution in [3.8, 4) is 0 Å². The lowest BCUT2D eigenvalue weighted by molar-refractivity contribution is -0.137. The number of anilines is 2. The largest absolute Gasteiger partial charge is 0.418 e. The maximum Gasteiger partial charge on any atom is 0.418 e. The molecule has 0 radical (unpaired) electrons. The number of likely N-dealkylation sites (tertiary alicyclic amines) is 1. The summed E-state index contributed by atoms with van der Waals surface area (Å²) in [5, 5.41) is 2.51. The number of halogens is 3. The van der Waals surface area contributed by atoms with E-state index in [0.717, 1.165) is 24.7 Å². The average Bonchev–Trinajstić information content (AvgIpc) is 2.85. The van der Waals surface area contributed by atoms with E-state index < -0.39 is 23.6 Å². The van der Waals surface area contributed by atoms with Gasteiger partial charge in [0, 0.05) is 45.0 Å². The Kier molecular flexibility index (Phi) is 7.64. The van der Waals surface area contributed by atoms with Gasteiger partial charge < -0.3 is 20.0 Å². The fourth-order valence-electron chi connectivity index (χ4n) is 4.67. The Bertz CT molecular complexity index is 1040. The molecule has 0 aliphatic carbocycles. The monoisotopic (exact) mass is 488 g/mol. The molecule has 35 heavy (non-hydrogen) atoms. The summed E-state index contributed by atoms with van der Waals surface area (Å²) < 4.78 is 41.7. The van der Waals surface area contributed by atoms with Gasteiger partial charge in [-0.1, -0.05) is 30.3 Å². The summed E-state index contributed by atoms with van der Waals surface area (Å²) in [6.45, 7) is 3.60. The molecule has 2 aromatic carbocycles. The molecule has 0 bridgehead atoms. The quantitative estimate of drug-likeness (QED) is 0.694. The van der Waals surface area contributed by atoms with Crippen molar-refractivity contribution in [2.24, 2.45) is 5.92 Å². The number of carbonyl (C=O) groups excluding carboxylic acids is 2. The van der Waals surface area contributed by atoms with E-state index in [1.807, 2.05) is 42.3 Å². The molecule has 2 saturated heterocycles. The first-order valence-corrected chi connectivity index (χ1v) is 12.0. The van der Waals surface area contributed by atoms with Gasteiger partial charge in [-0.3, -0.25) is 9.59 Å². The van der Waals surface area contributed by atoms with Crippen LogP contribution < -0.4 is 10.2 Å². The van der Waals surface area contributed by atoms with E-state index in [4.69, 9.17) is 0 Å². The van der Waals surface area contributed by atoms with Crippen molar-refractivity contribution in [3.63, 3.8) is 0 Å². The van der Waals surface area contributed by atoms with E-state index in [9.17, 15) is 22.8 Å². The molecule has 0 spiro atoms. The van der Waals surface area contributed by atoms with Gasteiger partial charge in [0.05, 0.1) is 23.6 Å². The third-order valence-corrected chi connectivity index (χ3v) is 6.78. The molecule has 188 valence electrons. The second-order valence-corrected chi connectivity index (χ2v) is 9.35. The van der Waals surface area contributed by atoms with Crippen LogP contribution in [0.2, 0.25) is 0 Å². The van der Waals surface area contributed by atoms with E-state index in [-0.39, 0.29) is 24.6 Å². The molecule has 2 heterocycles. The molecule has 1 atom stereocenters. The van der Waals surface area contributed by atoms with Gasteiger partial charge in [-0.05, 0) is 43.7 Å². The Balaban J connectivity index is 1.44. The van der Waals surface area contributed by atoms with Crippen LogP contribution in [0.1, 0.15) is 24.0 Å². The zero-order valence-corrected chi connectivity index (χ0v) is 19.9. The SMILES string of the molecule is CN1CCN(c2ccc(NC(=O)C3CCCN(C(=O)Cc4ccccc4)C3)c(C(F)(F)F)c2)CC1.